The van der Waals surface area contributed by atoms with Crippen molar-refractivity contribution in [3.63, 3.8) is 0 Å². The van der Waals surface area contributed by atoms with Crippen molar-refractivity contribution in [2.75, 3.05) is 36.5 Å². The fourth-order valence-electron chi connectivity index (χ4n) is 4.47. The number of benzene rings is 2. The van der Waals surface area contributed by atoms with E-state index in [1.165, 1.54) is 11.1 Å². The largest absolute Gasteiger partial charge is 0.482 e. The number of nitrogens with zero attached hydrogens (tertiary/aromatic N) is 1. The normalized spacial score (nSPS) is 24.5. The zero-order valence-corrected chi connectivity index (χ0v) is 14.7. The molecule has 5 heteroatoms. The van der Waals surface area contributed by atoms with E-state index in [0.717, 1.165) is 49.5 Å². The van der Waals surface area contributed by atoms with Gasteiger partial charge in [-0.15, -0.1) is 0 Å². The highest BCUT2D eigenvalue weighted by Crippen LogP contribution is 2.42. The van der Waals surface area contributed by atoms with Crippen molar-refractivity contribution in [3.8, 4) is 5.75 Å². The highest BCUT2D eigenvalue weighted by Gasteiger charge is 2.41. The lowest BCUT2D eigenvalue weighted by atomic mass is 9.78. The summed E-state index contributed by atoms with van der Waals surface area (Å²) in [5.41, 5.74) is 4.36. The van der Waals surface area contributed by atoms with Gasteiger partial charge >= 0.3 is 0 Å². The number of amides is 1. The van der Waals surface area contributed by atoms with Crippen LogP contribution in [-0.2, 0) is 21.6 Å². The van der Waals surface area contributed by atoms with Crippen LogP contribution in [0.15, 0.2) is 42.5 Å². The quantitative estimate of drug-likeness (QED) is 0.859. The number of ether oxygens (including phenoxy) is 2. The second-order valence-electron chi connectivity index (χ2n) is 7.29. The molecule has 1 unspecified atom stereocenters. The van der Waals surface area contributed by atoms with Crippen molar-refractivity contribution in [2.45, 2.75) is 24.9 Å². The van der Waals surface area contributed by atoms with Gasteiger partial charge in [0.1, 0.15) is 11.4 Å². The molecule has 1 spiro atoms. The van der Waals surface area contributed by atoms with Gasteiger partial charge in [0.25, 0.3) is 5.91 Å². The molecule has 0 aromatic heterocycles. The molecule has 5 rings (SSSR count). The number of hydrogen-bond acceptors (Lipinski definition) is 4. The summed E-state index contributed by atoms with van der Waals surface area (Å²) in [4.78, 5) is 14.0. The zero-order valence-electron chi connectivity index (χ0n) is 14.7. The fraction of sp³-hybridized carbons (Fsp3) is 0.381. The van der Waals surface area contributed by atoms with Gasteiger partial charge in [-0.2, -0.15) is 0 Å². The van der Waals surface area contributed by atoms with Crippen LogP contribution in [0, 0.1) is 0 Å². The second kappa shape index (κ2) is 6.02. The number of aryl methyl sites for hydroxylation is 1. The highest BCUT2D eigenvalue weighted by molar-refractivity contribution is 5.96. The van der Waals surface area contributed by atoms with Crippen LogP contribution in [0.2, 0.25) is 0 Å². The Morgan fingerprint density at radius 3 is 3.04 bits per heavy atom. The Hall–Kier alpha value is -2.53. The number of rotatable bonds is 1. The number of nitrogens with one attached hydrogen (secondary N) is 1. The molecule has 1 atom stereocenters. The zero-order chi connectivity index (χ0) is 17.6. The SMILES string of the molecule is O=C1COc2ccc(N3CCOC4(CCCc5ccccc54)C3)cc2N1. The van der Waals surface area contributed by atoms with Gasteiger partial charge < -0.3 is 19.7 Å². The first-order chi connectivity index (χ1) is 12.7. The van der Waals surface area contributed by atoms with Crippen LogP contribution in [0.25, 0.3) is 0 Å². The summed E-state index contributed by atoms with van der Waals surface area (Å²) in [5, 5.41) is 2.90. The molecule has 1 fully saturated rings. The first-order valence-corrected chi connectivity index (χ1v) is 9.28. The summed E-state index contributed by atoms with van der Waals surface area (Å²) in [6.07, 6.45) is 3.33. The van der Waals surface area contributed by atoms with E-state index in [4.69, 9.17) is 9.47 Å². The molecule has 1 aliphatic carbocycles. The predicted octanol–water partition coefficient (Wildman–Crippen LogP) is 3.09. The van der Waals surface area contributed by atoms with Crippen molar-refractivity contribution in [1.82, 2.24) is 0 Å². The molecule has 0 saturated carbocycles. The summed E-state index contributed by atoms with van der Waals surface area (Å²) < 4.78 is 11.9. The third-order valence-corrected chi connectivity index (χ3v) is 5.68. The van der Waals surface area contributed by atoms with Gasteiger partial charge in [-0.05, 0) is 48.6 Å². The van der Waals surface area contributed by atoms with Crippen LogP contribution in [0.4, 0.5) is 11.4 Å². The summed E-state index contributed by atoms with van der Waals surface area (Å²) >= 11 is 0. The van der Waals surface area contributed by atoms with Crippen LogP contribution < -0.4 is 15.0 Å². The molecule has 3 aliphatic rings. The van der Waals surface area contributed by atoms with Crippen LogP contribution in [0.5, 0.6) is 5.75 Å². The fourth-order valence-corrected chi connectivity index (χ4v) is 4.47. The average Bonchev–Trinajstić information content (AvgIpc) is 2.68. The van der Waals surface area contributed by atoms with E-state index in [9.17, 15) is 4.79 Å². The maximum atomic E-state index is 11.6. The van der Waals surface area contributed by atoms with E-state index in [1.807, 2.05) is 12.1 Å². The molecular weight excluding hydrogens is 328 g/mol. The number of anilines is 2. The van der Waals surface area contributed by atoms with Gasteiger partial charge in [0, 0.05) is 12.2 Å². The molecule has 134 valence electrons. The lowest BCUT2D eigenvalue weighted by Gasteiger charge is -2.47. The Bertz CT molecular complexity index is 866. The first-order valence-electron chi connectivity index (χ1n) is 9.28. The Morgan fingerprint density at radius 2 is 2.08 bits per heavy atom. The molecule has 5 nitrogen and oxygen atoms in total. The van der Waals surface area contributed by atoms with Crippen molar-refractivity contribution in [1.29, 1.82) is 0 Å². The molecule has 1 amide bonds. The summed E-state index contributed by atoms with van der Waals surface area (Å²) in [6.45, 7) is 2.47. The minimum Gasteiger partial charge on any atom is -0.482 e. The summed E-state index contributed by atoms with van der Waals surface area (Å²) in [6, 6.07) is 14.7. The van der Waals surface area contributed by atoms with Crippen LogP contribution in [0.3, 0.4) is 0 Å². The van der Waals surface area contributed by atoms with Crippen molar-refractivity contribution in [2.24, 2.45) is 0 Å². The standard InChI is InChI=1S/C21H22N2O3/c24-20-13-25-19-8-7-16(12-18(19)22-20)23-10-11-26-21(14-23)9-3-5-15-4-1-2-6-17(15)21/h1-2,4,6-8,12H,3,5,9-11,13-14H2,(H,22,24). The minimum atomic E-state index is -0.233. The van der Waals surface area contributed by atoms with Crippen molar-refractivity contribution >= 4 is 17.3 Å². The van der Waals surface area contributed by atoms with E-state index in [1.54, 1.807) is 0 Å². The molecule has 2 aliphatic heterocycles. The Balaban J connectivity index is 1.47. The average molecular weight is 350 g/mol. The molecule has 2 aromatic carbocycles. The van der Waals surface area contributed by atoms with Gasteiger partial charge in [-0.25, -0.2) is 0 Å². The lowest BCUT2D eigenvalue weighted by Crippen LogP contribution is -2.51. The number of hydrogen-bond donors (Lipinski definition) is 1. The molecule has 1 saturated heterocycles. The third-order valence-electron chi connectivity index (χ3n) is 5.68. The van der Waals surface area contributed by atoms with E-state index in [2.05, 4.69) is 40.5 Å². The first kappa shape index (κ1) is 15.7. The molecule has 0 bridgehead atoms. The number of morpholine rings is 1. The molecule has 1 N–H and O–H groups in total. The highest BCUT2D eigenvalue weighted by atomic mass is 16.5. The van der Waals surface area contributed by atoms with Crippen LogP contribution in [0.1, 0.15) is 24.0 Å². The molecule has 2 heterocycles. The monoisotopic (exact) mass is 350 g/mol. The third kappa shape index (κ3) is 2.54. The number of carbonyl (C=O) groups excluding carboxylic acids is 1. The van der Waals surface area contributed by atoms with E-state index >= 15 is 0 Å². The Labute approximate surface area is 152 Å². The van der Waals surface area contributed by atoms with E-state index in [-0.39, 0.29) is 18.1 Å². The topological polar surface area (TPSA) is 50.8 Å². The van der Waals surface area contributed by atoms with Crippen LogP contribution in [-0.4, -0.2) is 32.2 Å². The number of carbonyl (C=O) groups is 1. The van der Waals surface area contributed by atoms with Gasteiger partial charge in [0.05, 0.1) is 18.8 Å². The second-order valence-corrected chi connectivity index (χ2v) is 7.29. The molecular formula is C21H22N2O3. The van der Waals surface area contributed by atoms with E-state index in [0.29, 0.717) is 6.61 Å². The number of fused-ring (bicyclic) bond motifs is 3. The van der Waals surface area contributed by atoms with Gasteiger partial charge in [-0.3, -0.25) is 4.79 Å². The van der Waals surface area contributed by atoms with Crippen molar-refractivity contribution in [3.05, 3.63) is 53.6 Å². The van der Waals surface area contributed by atoms with Gasteiger partial charge in [0.15, 0.2) is 6.61 Å². The molecule has 26 heavy (non-hydrogen) atoms. The minimum absolute atomic E-state index is 0.0871. The van der Waals surface area contributed by atoms with Gasteiger partial charge in [0.2, 0.25) is 0 Å². The molecule has 0 radical (unpaired) electrons. The maximum absolute atomic E-state index is 11.6. The molecule has 2 aromatic rings. The maximum Gasteiger partial charge on any atom is 0.262 e. The summed E-state index contributed by atoms with van der Waals surface area (Å²) in [7, 11) is 0. The predicted molar refractivity (Wildman–Crippen MR) is 99.8 cm³/mol. The van der Waals surface area contributed by atoms with Crippen molar-refractivity contribution < 1.29 is 14.3 Å². The smallest absolute Gasteiger partial charge is 0.262 e. The Kier molecular flexibility index (Phi) is 3.64. The van der Waals surface area contributed by atoms with E-state index < -0.39 is 0 Å². The Morgan fingerprint density at radius 1 is 1.15 bits per heavy atom. The lowest BCUT2D eigenvalue weighted by molar-refractivity contribution is -0.118. The summed E-state index contributed by atoms with van der Waals surface area (Å²) in [5.74, 6) is 0.633. The van der Waals surface area contributed by atoms with Crippen LogP contribution >= 0.6 is 0 Å². The van der Waals surface area contributed by atoms with Gasteiger partial charge in [-0.1, -0.05) is 24.3 Å².